The van der Waals surface area contributed by atoms with Crippen molar-refractivity contribution in [3.05, 3.63) is 0 Å². The van der Waals surface area contributed by atoms with Crippen LogP contribution in [0, 0.1) is 0 Å². The molecule has 0 spiro atoms. The van der Waals surface area contributed by atoms with Crippen LogP contribution in [0.1, 0.15) is 13.8 Å². The van der Waals surface area contributed by atoms with E-state index in [4.69, 9.17) is 0 Å². The Labute approximate surface area is 68.0 Å². The van der Waals surface area contributed by atoms with E-state index in [-0.39, 0.29) is 5.78 Å². The molecule has 1 saturated heterocycles. The number of carbonyl (C=O) groups is 1. The molecule has 0 aromatic rings. The molecule has 3 heteroatoms. The molecule has 11 heavy (non-hydrogen) atoms. The number of likely N-dealkylation sites (N-methyl/N-ethyl adjacent to an activating group) is 1. The number of Topliss-reactive ketones (excluding diaryl/α,β-unsaturated/α-hetero) is 1. The number of carbonyl (C=O) groups excluding carboxylic acids is 1. The Morgan fingerprint density at radius 2 is 2.18 bits per heavy atom. The van der Waals surface area contributed by atoms with Crippen LogP contribution < -0.4 is 0 Å². The normalized spacial score (nSPS) is 27.7. The van der Waals surface area contributed by atoms with Gasteiger partial charge in [-0.15, -0.1) is 0 Å². The first-order valence-electron chi connectivity index (χ1n) is 4.05. The summed E-state index contributed by atoms with van der Waals surface area (Å²) in [4.78, 5) is 15.2. The maximum atomic E-state index is 10.8. The van der Waals surface area contributed by atoms with Crippen molar-refractivity contribution in [1.29, 1.82) is 0 Å². The Bertz CT molecular complexity index is 158. The van der Waals surface area contributed by atoms with Gasteiger partial charge in [-0.1, -0.05) is 0 Å². The van der Waals surface area contributed by atoms with Crippen molar-refractivity contribution in [3.8, 4) is 0 Å². The Hall–Kier alpha value is -0.410. The molecule has 1 rings (SSSR count). The van der Waals surface area contributed by atoms with Crippen LogP contribution in [0.25, 0.3) is 0 Å². The molecule has 1 heterocycles. The minimum absolute atomic E-state index is 0.257. The van der Waals surface area contributed by atoms with Crippen LogP contribution in [0.4, 0.5) is 0 Å². The zero-order valence-electron chi connectivity index (χ0n) is 7.50. The summed E-state index contributed by atoms with van der Waals surface area (Å²) < 4.78 is 0. The van der Waals surface area contributed by atoms with E-state index in [0.717, 1.165) is 13.1 Å². The van der Waals surface area contributed by atoms with E-state index in [1.165, 1.54) is 0 Å². The summed E-state index contributed by atoms with van der Waals surface area (Å²) in [5.41, 5.74) is 0. The fourth-order valence-electron chi connectivity index (χ4n) is 1.44. The zero-order valence-corrected chi connectivity index (χ0v) is 7.50. The molecule has 0 aromatic heterocycles. The van der Waals surface area contributed by atoms with Gasteiger partial charge in [-0.3, -0.25) is 14.6 Å². The van der Waals surface area contributed by atoms with Gasteiger partial charge in [0, 0.05) is 13.1 Å². The maximum Gasteiger partial charge on any atom is 0.143 e. The van der Waals surface area contributed by atoms with Crippen molar-refractivity contribution in [2.75, 3.05) is 26.7 Å². The molecule has 0 N–H and O–H groups in total. The first-order valence-corrected chi connectivity index (χ1v) is 4.05. The van der Waals surface area contributed by atoms with E-state index in [0.29, 0.717) is 12.7 Å². The van der Waals surface area contributed by atoms with Crippen molar-refractivity contribution in [1.82, 2.24) is 9.80 Å². The van der Waals surface area contributed by atoms with Gasteiger partial charge in [0.25, 0.3) is 0 Å². The molecule has 3 nitrogen and oxygen atoms in total. The molecule has 0 radical (unpaired) electrons. The molecule has 0 amide bonds. The number of rotatable bonds is 2. The van der Waals surface area contributed by atoms with E-state index in [1.807, 2.05) is 0 Å². The average Bonchev–Trinajstić information content (AvgIpc) is 2.18. The first kappa shape index (κ1) is 8.68. The minimum Gasteiger partial charge on any atom is -0.299 e. The van der Waals surface area contributed by atoms with Crippen molar-refractivity contribution < 1.29 is 4.79 Å². The van der Waals surface area contributed by atoms with Gasteiger partial charge in [0.15, 0.2) is 0 Å². The fourth-order valence-corrected chi connectivity index (χ4v) is 1.44. The van der Waals surface area contributed by atoms with Gasteiger partial charge in [0.05, 0.1) is 12.7 Å². The molecule has 1 aliphatic heterocycles. The lowest BCUT2D eigenvalue weighted by Gasteiger charge is -2.22. The van der Waals surface area contributed by atoms with E-state index < -0.39 is 0 Å². The topological polar surface area (TPSA) is 23.6 Å². The van der Waals surface area contributed by atoms with Crippen LogP contribution >= 0.6 is 0 Å². The smallest absolute Gasteiger partial charge is 0.143 e. The third-order valence-corrected chi connectivity index (χ3v) is 2.33. The number of nitrogens with zero attached hydrogens (tertiary/aromatic N) is 2. The van der Waals surface area contributed by atoms with Gasteiger partial charge in [-0.05, 0) is 20.9 Å². The molecule has 1 unspecified atom stereocenters. The lowest BCUT2D eigenvalue weighted by Crippen LogP contribution is -2.36. The van der Waals surface area contributed by atoms with E-state index in [1.54, 1.807) is 6.92 Å². The van der Waals surface area contributed by atoms with Crippen molar-refractivity contribution in [2.24, 2.45) is 0 Å². The summed E-state index contributed by atoms with van der Waals surface area (Å²) >= 11 is 0. The Morgan fingerprint density at radius 1 is 1.55 bits per heavy atom. The summed E-state index contributed by atoms with van der Waals surface area (Å²) in [5.74, 6) is 0.257. The molecule has 1 aliphatic rings. The highest BCUT2D eigenvalue weighted by Crippen LogP contribution is 2.10. The SMILES string of the molecule is CC(=O)CN1CCN(C)C1C. The largest absolute Gasteiger partial charge is 0.299 e. The second kappa shape index (κ2) is 3.32. The zero-order chi connectivity index (χ0) is 8.43. The quantitative estimate of drug-likeness (QED) is 0.569. The monoisotopic (exact) mass is 156 g/mol. The fraction of sp³-hybridized carbons (Fsp3) is 0.875. The molecule has 0 bridgehead atoms. The molecule has 64 valence electrons. The second-order valence-corrected chi connectivity index (χ2v) is 3.28. The van der Waals surface area contributed by atoms with Gasteiger partial charge in [0.2, 0.25) is 0 Å². The Balaban J connectivity index is 2.42. The van der Waals surface area contributed by atoms with Crippen LogP contribution in [0.15, 0.2) is 0 Å². The molecular formula is C8H16N2O. The van der Waals surface area contributed by atoms with E-state index in [9.17, 15) is 4.79 Å². The van der Waals surface area contributed by atoms with Crippen LogP contribution in [0.2, 0.25) is 0 Å². The summed E-state index contributed by atoms with van der Waals surface area (Å²) in [6.45, 7) is 6.48. The maximum absolute atomic E-state index is 10.8. The van der Waals surface area contributed by atoms with Crippen LogP contribution in [0.5, 0.6) is 0 Å². The van der Waals surface area contributed by atoms with Crippen LogP contribution in [-0.2, 0) is 4.79 Å². The summed E-state index contributed by atoms with van der Waals surface area (Å²) in [7, 11) is 2.09. The molecule has 0 aliphatic carbocycles. The second-order valence-electron chi connectivity index (χ2n) is 3.28. The number of ketones is 1. The highest BCUT2D eigenvalue weighted by Gasteiger charge is 2.25. The van der Waals surface area contributed by atoms with Crippen molar-refractivity contribution >= 4 is 5.78 Å². The first-order chi connectivity index (χ1) is 5.11. The van der Waals surface area contributed by atoms with E-state index >= 15 is 0 Å². The van der Waals surface area contributed by atoms with Crippen molar-refractivity contribution in [3.63, 3.8) is 0 Å². The lowest BCUT2D eigenvalue weighted by atomic mass is 10.4. The third-order valence-electron chi connectivity index (χ3n) is 2.33. The van der Waals surface area contributed by atoms with Crippen LogP contribution in [-0.4, -0.2) is 48.4 Å². The Morgan fingerprint density at radius 3 is 2.55 bits per heavy atom. The average molecular weight is 156 g/mol. The number of hydrogen-bond donors (Lipinski definition) is 0. The molecule has 1 atom stereocenters. The highest BCUT2D eigenvalue weighted by molar-refractivity contribution is 5.77. The molecule has 0 saturated carbocycles. The minimum atomic E-state index is 0.257. The highest BCUT2D eigenvalue weighted by atomic mass is 16.1. The molecular weight excluding hydrogens is 140 g/mol. The predicted molar refractivity (Wildman–Crippen MR) is 44.3 cm³/mol. The van der Waals surface area contributed by atoms with E-state index in [2.05, 4.69) is 23.8 Å². The van der Waals surface area contributed by atoms with Crippen LogP contribution in [0.3, 0.4) is 0 Å². The predicted octanol–water partition coefficient (Wildman–Crippen LogP) is 0.169. The van der Waals surface area contributed by atoms with Gasteiger partial charge in [-0.25, -0.2) is 0 Å². The summed E-state index contributed by atoms with van der Waals surface area (Å²) in [6.07, 6.45) is 0.430. The summed E-state index contributed by atoms with van der Waals surface area (Å²) in [5, 5.41) is 0. The lowest BCUT2D eigenvalue weighted by molar-refractivity contribution is -0.118. The Kier molecular flexibility index (Phi) is 2.62. The van der Waals surface area contributed by atoms with Gasteiger partial charge in [0.1, 0.15) is 5.78 Å². The molecule has 1 fully saturated rings. The number of hydrogen-bond acceptors (Lipinski definition) is 3. The van der Waals surface area contributed by atoms with Crippen molar-refractivity contribution in [2.45, 2.75) is 20.0 Å². The standard InChI is InChI=1S/C8H16N2O/c1-7(11)6-10-5-4-9(3)8(10)2/h8H,4-6H2,1-3H3. The molecule has 0 aromatic carbocycles. The van der Waals surface area contributed by atoms with Gasteiger partial charge >= 0.3 is 0 Å². The van der Waals surface area contributed by atoms with Gasteiger partial charge in [-0.2, -0.15) is 0 Å². The van der Waals surface area contributed by atoms with Gasteiger partial charge < -0.3 is 0 Å². The third kappa shape index (κ3) is 2.01. The summed E-state index contributed by atoms with van der Waals surface area (Å²) in [6, 6.07) is 0.